The quantitative estimate of drug-likeness (QED) is 0.183. The van der Waals surface area contributed by atoms with Crippen LogP contribution in [0.3, 0.4) is 0 Å². The van der Waals surface area contributed by atoms with Gasteiger partial charge in [0.1, 0.15) is 5.82 Å². The Labute approximate surface area is 164 Å². The molecule has 0 saturated carbocycles. The second-order valence-corrected chi connectivity index (χ2v) is 5.99. The standard InChI is InChI=1S/C16H12N12O2/c29-13-8-11(18-6-17-8)21-15(23-13)25-27-28-26-16-22-12-9(14(30)24-16)19-10(20-12)7-4-2-1-3-5-7/h1-6H,(H3,17,18,21,23,25,28,29)(H3,19,20,22,24,26,27,30). The average molecular weight is 404 g/mol. The molecule has 0 spiro atoms. The lowest BCUT2D eigenvalue weighted by molar-refractivity contribution is 0.780. The van der Waals surface area contributed by atoms with E-state index in [1.165, 1.54) is 6.33 Å². The fraction of sp³-hybridized carbons (Fsp3) is 0. The highest BCUT2D eigenvalue weighted by atomic mass is 16.1. The minimum Gasteiger partial charge on any atom is -0.339 e. The normalized spacial score (nSPS) is 11.5. The molecule has 0 aliphatic rings. The van der Waals surface area contributed by atoms with E-state index in [9.17, 15) is 9.59 Å². The van der Waals surface area contributed by atoms with Crippen molar-refractivity contribution in [3.05, 3.63) is 57.4 Å². The van der Waals surface area contributed by atoms with Crippen LogP contribution < -0.4 is 22.1 Å². The first kappa shape index (κ1) is 17.2. The number of imidazole rings is 2. The number of rotatable bonds is 5. The number of hydrazine groups is 1. The number of nitrogens with zero attached hydrogens (tertiary/aromatic N) is 6. The molecule has 148 valence electrons. The SMILES string of the molecule is O=c1[nH]c(NN/N=N/c2nc3nc(-c4ccccc4)[nH]c3c(=O)[nH]2)nc2nc[nH]c12. The van der Waals surface area contributed by atoms with E-state index in [-0.39, 0.29) is 34.2 Å². The van der Waals surface area contributed by atoms with E-state index < -0.39 is 11.1 Å². The molecule has 0 bridgehead atoms. The summed E-state index contributed by atoms with van der Waals surface area (Å²) in [5.41, 5.74) is 5.83. The van der Waals surface area contributed by atoms with Gasteiger partial charge in [0.15, 0.2) is 22.3 Å². The van der Waals surface area contributed by atoms with Gasteiger partial charge in [0.2, 0.25) is 5.95 Å². The smallest absolute Gasteiger partial charge is 0.278 e. The van der Waals surface area contributed by atoms with Crippen LogP contribution in [0.1, 0.15) is 0 Å². The summed E-state index contributed by atoms with van der Waals surface area (Å²) in [6.45, 7) is 0. The van der Waals surface area contributed by atoms with Crippen LogP contribution in [0.5, 0.6) is 0 Å². The maximum Gasteiger partial charge on any atom is 0.278 e. The summed E-state index contributed by atoms with van der Waals surface area (Å²) in [6.07, 6.45) is 1.36. The number of fused-ring (bicyclic) bond motifs is 2. The molecule has 0 fully saturated rings. The van der Waals surface area contributed by atoms with E-state index in [4.69, 9.17) is 0 Å². The lowest BCUT2D eigenvalue weighted by atomic mass is 10.2. The molecule has 14 heteroatoms. The molecule has 0 atom stereocenters. The molecular formula is C16H12N12O2. The second-order valence-electron chi connectivity index (χ2n) is 5.99. The van der Waals surface area contributed by atoms with Gasteiger partial charge in [-0.1, -0.05) is 40.7 Å². The third-order valence-electron chi connectivity index (χ3n) is 4.06. The van der Waals surface area contributed by atoms with Gasteiger partial charge in [0.05, 0.1) is 6.33 Å². The summed E-state index contributed by atoms with van der Waals surface area (Å²) in [5.74, 6) is 0.536. The van der Waals surface area contributed by atoms with Gasteiger partial charge in [0.25, 0.3) is 17.1 Å². The van der Waals surface area contributed by atoms with Crippen molar-refractivity contribution >= 4 is 34.2 Å². The molecule has 0 amide bonds. The molecule has 5 aromatic rings. The van der Waals surface area contributed by atoms with Gasteiger partial charge in [-0.3, -0.25) is 25.0 Å². The predicted octanol–water partition coefficient (Wildman–Crippen LogP) is 0.888. The van der Waals surface area contributed by atoms with E-state index in [1.807, 2.05) is 30.3 Å². The molecular weight excluding hydrogens is 392 g/mol. The highest BCUT2D eigenvalue weighted by Gasteiger charge is 2.11. The summed E-state index contributed by atoms with van der Waals surface area (Å²) < 4.78 is 0. The lowest BCUT2D eigenvalue weighted by Gasteiger charge is -2.01. The Morgan fingerprint density at radius 1 is 0.867 bits per heavy atom. The Bertz CT molecular complexity index is 1490. The van der Waals surface area contributed by atoms with Crippen LogP contribution in [0, 0.1) is 0 Å². The first-order valence-electron chi connectivity index (χ1n) is 8.58. The summed E-state index contributed by atoms with van der Waals surface area (Å²) in [7, 11) is 0. The summed E-state index contributed by atoms with van der Waals surface area (Å²) in [6, 6.07) is 9.34. The molecule has 14 nitrogen and oxygen atoms in total. The van der Waals surface area contributed by atoms with Crippen molar-refractivity contribution in [3.8, 4) is 11.4 Å². The number of anilines is 1. The largest absolute Gasteiger partial charge is 0.339 e. The van der Waals surface area contributed by atoms with Gasteiger partial charge in [-0.15, -0.1) is 0 Å². The Balaban J connectivity index is 1.35. The van der Waals surface area contributed by atoms with Gasteiger partial charge in [-0.2, -0.15) is 15.5 Å². The molecule has 0 aliphatic carbocycles. The van der Waals surface area contributed by atoms with Crippen molar-refractivity contribution in [1.82, 2.24) is 45.4 Å². The van der Waals surface area contributed by atoms with E-state index in [2.05, 4.69) is 61.2 Å². The minimum absolute atomic E-state index is 0.0582. The molecule has 4 aromatic heterocycles. The van der Waals surface area contributed by atoms with Crippen molar-refractivity contribution in [3.63, 3.8) is 0 Å². The van der Waals surface area contributed by atoms with Crippen LogP contribution in [-0.4, -0.2) is 39.9 Å². The number of benzene rings is 1. The zero-order valence-electron chi connectivity index (χ0n) is 15.0. The third kappa shape index (κ3) is 3.13. The number of hydrogen-bond acceptors (Lipinski definition) is 9. The third-order valence-corrected chi connectivity index (χ3v) is 4.06. The van der Waals surface area contributed by atoms with Crippen molar-refractivity contribution in [2.75, 3.05) is 5.43 Å². The van der Waals surface area contributed by atoms with Gasteiger partial charge >= 0.3 is 0 Å². The molecule has 4 heterocycles. The molecule has 0 saturated heterocycles. The van der Waals surface area contributed by atoms with Gasteiger partial charge in [-0.05, 0) is 0 Å². The Hall–Kier alpha value is -4.88. The van der Waals surface area contributed by atoms with Crippen LogP contribution >= 0.6 is 0 Å². The minimum atomic E-state index is -0.438. The van der Waals surface area contributed by atoms with Crippen molar-refractivity contribution in [1.29, 1.82) is 0 Å². The van der Waals surface area contributed by atoms with Crippen LogP contribution in [0.4, 0.5) is 11.9 Å². The topological polar surface area (TPSA) is 198 Å². The monoisotopic (exact) mass is 404 g/mol. The highest BCUT2D eigenvalue weighted by molar-refractivity contribution is 5.75. The maximum absolute atomic E-state index is 12.3. The van der Waals surface area contributed by atoms with E-state index in [0.29, 0.717) is 5.82 Å². The second kappa shape index (κ2) is 6.93. The molecule has 5 rings (SSSR count). The zero-order valence-corrected chi connectivity index (χ0v) is 15.0. The molecule has 0 aliphatic heterocycles. The number of hydrogen-bond donors (Lipinski definition) is 6. The van der Waals surface area contributed by atoms with Crippen LogP contribution in [0.25, 0.3) is 33.7 Å². The molecule has 6 N–H and O–H groups in total. The van der Waals surface area contributed by atoms with Crippen LogP contribution in [0.15, 0.2) is 56.6 Å². The number of H-pyrrole nitrogens is 4. The Morgan fingerprint density at radius 2 is 1.70 bits per heavy atom. The number of aromatic amines is 4. The fourth-order valence-electron chi connectivity index (χ4n) is 2.73. The molecule has 30 heavy (non-hydrogen) atoms. The Kier molecular flexibility index (Phi) is 3.98. The van der Waals surface area contributed by atoms with Crippen LogP contribution in [0.2, 0.25) is 0 Å². The summed E-state index contributed by atoms with van der Waals surface area (Å²) in [5, 5.41) is 7.43. The fourth-order valence-corrected chi connectivity index (χ4v) is 2.73. The number of nitrogens with one attached hydrogen (secondary N) is 6. The summed E-state index contributed by atoms with van der Waals surface area (Å²) >= 11 is 0. The van der Waals surface area contributed by atoms with Gasteiger partial charge in [0, 0.05) is 5.56 Å². The molecule has 1 aromatic carbocycles. The first-order valence-corrected chi connectivity index (χ1v) is 8.58. The van der Waals surface area contributed by atoms with Gasteiger partial charge in [-0.25, -0.2) is 9.97 Å². The van der Waals surface area contributed by atoms with Crippen molar-refractivity contribution in [2.24, 2.45) is 10.3 Å². The zero-order chi connectivity index (χ0) is 20.5. The van der Waals surface area contributed by atoms with E-state index >= 15 is 0 Å². The van der Waals surface area contributed by atoms with Crippen LogP contribution in [-0.2, 0) is 0 Å². The highest BCUT2D eigenvalue weighted by Crippen LogP contribution is 2.18. The Morgan fingerprint density at radius 3 is 2.57 bits per heavy atom. The van der Waals surface area contributed by atoms with E-state index in [0.717, 1.165) is 5.56 Å². The maximum atomic E-state index is 12.3. The van der Waals surface area contributed by atoms with E-state index in [1.54, 1.807) is 0 Å². The summed E-state index contributed by atoms with van der Waals surface area (Å²) in [4.78, 5) is 51.2. The lowest BCUT2D eigenvalue weighted by Crippen LogP contribution is -2.20. The van der Waals surface area contributed by atoms with Crippen molar-refractivity contribution in [2.45, 2.75) is 0 Å². The molecule has 0 unspecified atom stereocenters. The van der Waals surface area contributed by atoms with Gasteiger partial charge < -0.3 is 9.97 Å². The first-order chi connectivity index (χ1) is 14.7. The number of aromatic nitrogens is 8. The molecule has 0 radical (unpaired) electrons. The van der Waals surface area contributed by atoms with Crippen molar-refractivity contribution < 1.29 is 0 Å². The predicted molar refractivity (Wildman–Crippen MR) is 106 cm³/mol. The average Bonchev–Trinajstić information content (AvgIpc) is 3.39.